The fourth-order valence-electron chi connectivity index (χ4n) is 2.30. The lowest BCUT2D eigenvalue weighted by Gasteiger charge is -2.15. The SMILES string of the molecule is CC(C)c1ccc(C(C)NCCCc2ncc[nH]2)cc1. The van der Waals surface area contributed by atoms with E-state index in [2.05, 4.69) is 60.3 Å². The molecule has 1 atom stereocenters. The molecule has 0 bridgehead atoms. The summed E-state index contributed by atoms with van der Waals surface area (Å²) in [4.78, 5) is 7.37. The Bertz CT molecular complexity index is 485. The van der Waals surface area contributed by atoms with Crippen molar-refractivity contribution < 1.29 is 0 Å². The van der Waals surface area contributed by atoms with Crippen molar-refractivity contribution in [1.82, 2.24) is 15.3 Å². The molecule has 0 aliphatic rings. The second kappa shape index (κ2) is 7.25. The number of rotatable bonds is 7. The number of nitrogens with zero attached hydrogens (tertiary/aromatic N) is 1. The highest BCUT2D eigenvalue weighted by Gasteiger charge is 2.05. The number of hydrogen-bond acceptors (Lipinski definition) is 2. The summed E-state index contributed by atoms with van der Waals surface area (Å²) in [5.74, 6) is 1.67. The molecule has 0 fully saturated rings. The van der Waals surface area contributed by atoms with Crippen molar-refractivity contribution in [3.8, 4) is 0 Å². The van der Waals surface area contributed by atoms with Crippen LogP contribution in [0.1, 0.15) is 56.1 Å². The van der Waals surface area contributed by atoms with Gasteiger partial charge in [-0.15, -0.1) is 0 Å². The monoisotopic (exact) mass is 271 g/mol. The largest absolute Gasteiger partial charge is 0.349 e. The second-order valence-corrected chi connectivity index (χ2v) is 5.64. The van der Waals surface area contributed by atoms with Gasteiger partial charge in [0.25, 0.3) is 0 Å². The Morgan fingerprint density at radius 3 is 2.40 bits per heavy atom. The zero-order valence-electron chi connectivity index (χ0n) is 12.7. The van der Waals surface area contributed by atoms with Crippen LogP contribution in [-0.2, 0) is 6.42 Å². The molecule has 0 aliphatic carbocycles. The highest BCUT2D eigenvalue weighted by atomic mass is 14.9. The number of hydrogen-bond donors (Lipinski definition) is 2. The van der Waals surface area contributed by atoms with Gasteiger partial charge in [-0.1, -0.05) is 38.1 Å². The molecule has 0 radical (unpaired) electrons. The van der Waals surface area contributed by atoms with Crippen LogP contribution in [0.25, 0.3) is 0 Å². The molecule has 2 N–H and O–H groups in total. The van der Waals surface area contributed by atoms with Crippen LogP contribution < -0.4 is 5.32 Å². The Labute approximate surface area is 121 Å². The standard InChI is InChI=1S/C17H25N3/c1-13(2)15-6-8-16(9-7-15)14(3)18-10-4-5-17-19-11-12-20-17/h6-9,11-14,18H,4-5,10H2,1-3H3,(H,19,20). The van der Waals surface area contributed by atoms with E-state index in [4.69, 9.17) is 0 Å². The van der Waals surface area contributed by atoms with E-state index in [0.717, 1.165) is 25.2 Å². The van der Waals surface area contributed by atoms with Crippen molar-refractivity contribution in [2.75, 3.05) is 6.54 Å². The van der Waals surface area contributed by atoms with Crippen molar-refractivity contribution in [2.45, 2.75) is 45.6 Å². The maximum atomic E-state index is 4.23. The lowest BCUT2D eigenvalue weighted by Crippen LogP contribution is -2.20. The Balaban J connectivity index is 1.75. The van der Waals surface area contributed by atoms with Crippen molar-refractivity contribution in [2.24, 2.45) is 0 Å². The first kappa shape index (κ1) is 14.8. The minimum Gasteiger partial charge on any atom is -0.349 e. The highest BCUT2D eigenvalue weighted by Crippen LogP contribution is 2.18. The number of aromatic nitrogens is 2. The first-order valence-corrected chi connectivity index (χ1v) is 7.48. The van der Waals surface area contributed by atoms with E-state index in [1.165, 1.54) is 11.1 Å². The summed E-state index contributed by atoms with van der Waals surface area (Å²) in [6, 6.07) is 9.34. The van der Waals surface area contributed by atoms with Gasteiger partial charge in [0.15, 0.2) is 0 Å². The van der Waals surface area contributed by atoms with Crippen molar-refractivity contribution in [3.05, 3.63) is 53.6 Å². The van der Waals surface area contributed by atoms with E-state index < -0.39 is 0 Å². The third kappa shape index (κ3) is 4.20. The minimum absolute atomic E-state index is 0.396. The van der Waals surface area contributed by atoms with Gasteiger partial charge in [0, 0.05) is 24.9 Å². The summed E-state index contributed by atoms with van der Waals surface area (Å²) in [6.07, 6.45) is 5.78. The first-order valence-electron chi connectivity index (χ1n) is 7.48. The van der Waals surface area contributed by atoms with Gasteiger partial charge in [-0.2, -0.15) is 0 Å². The van der Waals surface area contributed by atoms with Gasteiger partial charge in [-0.25, -0.2) is 4.98 Å². The van der Waals surface area contributed by atoms with Gasteiger partial charge in [0.2, 0.25) is 0 Å². The summed E-state index contributed by atoms with van der Waals surface area (Å²) in [5.41, 5.74) is 2.76. The molecule has 0 saturated carbocycles. The van der Waals surface area contributed by atoms with E-state index in [1.807, 2.05) is 12.4 Å². The van der Waals surface area contributed by atoms with Crippen LogP contribution in [0.3, 0.4) is 0 Å². The molecule has 0 aliphatic heterocycles. The summed E-state index contributed by atoms with van der Waals surface area (Å²) >= 11 is 0. The molecule has 0 spiro atoms. The molecule has 2 aromatic rings. The Hall–Kier alpha value is -1.61. The second-order valence-electron chi connectivity index (χ2n) is 5.64. The molecule has 1 aromatic heterocycles. The van der Waals surface area contributed by atoms with Crippen molar-refractivity contribution >= 4 is 0 Å². The molecule has 0 saturated heterocycles. The topological polar surface area (TPSA) is 40.7 Å². The van der Waals surface area contributed by atoms with Crippen LogP contribution in [-0.4, -0.2) is 16.5 Å². The normalized spacial score (nSPS) is 12.8. The Morgan fingerprint density at radius 2 is 1.80 bits per heavy atom. The van der Waals surface area contributed by atoms with Crippen LogP contribution in [0.5, 0.6) is 0 Å². The predicted molar refractivity (Wildman–Crippen MR) is 83.9 cm³/mol. The molecule has 0 amide bonds. The van der Waals surface area contributed by atoms with Gasteiger partial charge in [0.05, 0.1) is 0 Å². The molecular weight excluding hydrogens is 246 g/mol. The summed E-state index contributed by atoms with van der Waals surface area (Å²) in [5, 5.41) is 3.57. The number of aromatic amines is 1. The molecule has 1 aromatic carbocycles. The average molecular weight is 271 g/mol. The van der Waals surface area contributed by atoms with Crippen LogP contribution in [0.4, 0.5) is 0 Å². The summed E-state index contributed by atoms with van der Waals surface area (Å²) < 4.78 is 0. The molecule has 3 heteroatoms. The lowest BCUT2D eigenvalue weighted by molar-refractivity contribution is 0.555. The number of benzene rings is 1. The van der Waals surface area contributed by atoms with Gasteiger partial charge in [0.1, 0.15) is 5.82 Å². The Morgan fingerprint density at radius 1 is 1.10 bits per heavy atom. The van der Waals surface area contributed by atoms with E-state index >= 15 is 0 Å². The highest BCUT2D eigenvalue weighted by molar-refractivity contribution is 5.26. The third-order valence-electron chi connectivity index (χ3n) is 3.70. The summed E-state index contributed by atoms with van der Waals surface area (Å²) in [7, 11) is 0. The zero-order chi connectivity index (χ0) is 14.4. The first-order chi connectivity index (χ1) is 9.66. The van der Waals surface area contributed by atoms with E-state index in [9.17, 15) is 0 Å². The average Bonchev–Trinajstić information content (AvgIpc) is 2.96. The number of nitrogens with one attached hydrogen (secondary N) is 2. The van der Waals surface area contributed by atoms with Gasteiger partial charge in [-0.3, -0.25) is 0 Å². The van der Waals surface area contributed by atoms with E-state index in [0.29, 0.717) is 12.0 Å². The van der Waals surface area contributed by atoms with Crippen LogP contribution in [0, 0.1) is 0 Å². The molecule has 1 heterocycles. The third-order valence-corrected chi connectivity index (χ3v) is 3.70. The zero-order valence-corrected chi connectivity index (χ0v) is 12.7. The van der Waals surface area contributed by atoms with E-state index in [-0.39, 0.29) is 0 Å². The van der Waals surface area contributed by atoms with Crippen molar-refractivity contribution in [3.63, 3.8) is 0 Å². The smallest absolute Gasteiger partial charge is 0.106 e. The number of imidazole rings is 1. The molecule has 108 valence electrons. The molecular formula is C17H25N3. The fourth-order valence-corrected chi connectivity index (χ4v) is 2.30. The van der Waals surface area contributed by atoms with Crippen molar-refractivity contribution in [1.29, 1.82) is 0 Å². The maximum absolute atomic E-state index is 4.23. The van der Waals surface area contributed by atoms with Crippen LogP contribution in [0.2, 0.25) is 0 Å². The Kier molecular flexibility index (Phi) is 5.36. The minimum atomic E-state index is 0.396. The lowest BCUT2D eigenvalue weighted by atomic mass is 9.99. The number of aryl methyl sites for hydroxylation is 1. The van der Waals surface area contributed by atoms with E-state index in [1.54, 1.807) is 0 Å². The van der Waals surface area contributed by atoms with Gasteiger partial charge >= 0.3 is 0 Å². The quantitative estimate of drug-likeness (QED) is 0.752. The molecule has 1 unspecified atom stereocenters. The molecule has 20 heavy (non-hydrogen) atoms. The fraction of sp³-hybridized carbons (Fsp3) is 0.471. The van der Waals surface area contributed by atoms with Gasteiger partial charge < -0.3 is 10.3 Å². The van der Waals surface area contributed by atoms with Crippen LogP contribution >= 0.6 is 0 Å². The number of H-pyrrole nitrogens is 1. The molecule has 2 rings (SSSR count). The molecule has 3 nitrogen and oxygen atoms in total. The predicted octanol–water partition coefficient (Wildman–Crippen LogP) is 3.82. The summed E-state index contributed by atoms with van der Waals surface area (Å²) in [6.45, 7) is 7.68. The van der Waals surface area contributed by atoms with Gasteiger partial charge in [-0.05, 0) is 36.9 Å². The van der Waals surface area contributed by atoms with Crippen LogP contribution in [0.15, 0.2) is 36.7 Å². The maximum Gasteiger partial charge on any atom is 0.106 e.